The monoisotopic (exact) mass is 368 g/mol. The van der Waals surface area contributed by atoms with Gasteiger partial charge in [0.15, 0.2) is 10.6 Å². The molecule has 0 unspecified atom stereocenters. The number of nitrogens with zero attached hydrogens (tertiary/aromatic N) is 2. The van der Waals surface area contributed by atoms with E-state index in [9.17, 15) is 4.79 Å². The van der Waals surface area contributed by atoms with Crippen LogP contribution in [0.1, 0.15) is 11.1 Å². The number of anilines is 1. The minimum atomic E-state index is -0.176. The van der Waals surface area contributed by atoms with Gasteiger partial charge in [-0.2, -0.15) is 5.10 Å². The first kappa shape index (κ1) is 18.0. The fraction of sp³-hybridized carbons (Fsp3) is 0.211. The van der Waals surface area contributed by atoms with Gasteiger partial charge in [-0.3, -0.25) is 14.5 Å². The Hall–Kier alpha value is -2.77. The molecule has 26 heavy (non-hydrogen) atoms. The predicted octanol–water partition coefficient (Wildman–Crippen LogP) is 3.70. The summed E-state index contributed by atoms with van der Waals surface area (Å²) in [4.78, 5) is 12.5. The quantitative estimate of drug-likeness (QED) is 0.651. The number of methoxy groups -OCH3 is 1. The van der Waals surface area contributed by atoms with Gasteiger partial charge < -0.3 is 10.1 Å². The van der Waals surface area contributed by atoms with Gasteiger partial charge in [-0.25, -0.2) is 0 Å². The zero-order chi connectivity index (χ0) is 18.5. The number of aryl methyl sites for hydroxylation is 1. The Balaban J connectivity index is 1.78. The lowest BCUT2D eigenvalue weighted by molar-refractivity contribution is -0.116. The average molecular weight is 368 g/mol. The Kier molecular flexibility index (Phi) is 5.60. The minimum Gasteiger partial charge on any atom is -0.380 e. The molecule has 0 radical (unpaired) electrons. The molecular weight excluding hydrogens is 348 g/mol. The molecule has 2 aromatic carbocycles. The summed E-state index contributed by atoms with van der Waals surface area (Å²) in [5, 5.41) is 9.92. The third-order valence-corrected chi connectivity index (χ3v) is 4.20. The molecule has 1 heterocycles. The Labute approximate surface area is 156 Å². The van der Waals surface area contributed by atoms with E-state index in [4.69, 9.17) is 17.0 Å². The maximum absolute atomic E-state index is 12.5. The molecule has 0 aliphatic heterocycles. The number of rotatable bonds is 6. The molecule has 3 rings (SSSR count). The summed E-state index contributed by atoms with van der Waals surface area (Å²) >= 11 is 5.29. The standard InChI is InChI=1S/C19H20N4O2S/c1-13-6-8-15(9-7-13)18-21-22-19(26)23(18)11-17(24)20-16-5-3-4-14(10-16)12-25-2/h3-10H,11-12H2,1-2H3,(H,20,24)(H,22,26). The lowest BCUT2D eigenvalue weighted by Gasteiger charge is -2.09. The summed E-state index contributed by atoms with van der Waals surface area (Å²) in [7, 11) is 1.64. The second-order valence-corrected chi connectivity index (χ2v) is 6.37. The zero-order valence-electron chi connectivity index (χ0n) is 14.7. The van der Waals surface area contributed by atoms with Crippen molar-refractivity contribution in [2.75, 3.05) is 12.4 Å². The summed E-state index contributed by atoms with van der Waals surface area (Å²) < 4.78 is 7.21. The molecule has 0 fully saturated rings. The van der Waals surface area contributed by atoms with E-state index < -0.39 is 0 Å². The van der Waals surface area contributed by atoms with Gasteiger partial charge in [0.05, 0.1) is 6.61 Å². The van der Waals surface area contributed by atoms with Crippen molar-refractivity contribution in [2.45, 2.75) is 20.1 Å². The second kappa shape index (κ2) is 8.07. The van der Waals surface area contributed by atoms with Crippen molar-refractivity contribution in [1.82, 2.24) is 14.8 Å². The van der Waals surface area contributed by atoms with Crippen LogP contribution in [0, 0.1) is 11.7 Å². The molecule has 2 N–H and O–H groups in total. The van der Waals surface area contributed by atoms with Crippen LogP contribution < -0.4 is 5.32 Å². The zero-order valence-corrected chi connectivity index (χ0v) is 15.5. The van der Waals surface area contributed by atoms with Crippen LogP contribution in [0.15, 0.2) is 48.5 Å². The van der Waals surface area contributed by atoms with E-state index in [0.717, 1.165) is 22.4 Å². The summed E-state index contributed by atoms with van der Waals surface area (Å²) in [5.41, 5.74) is 3.77. The highest BCUT2D eigenvalue weighted by Crippen LogP contribution is 2.18. The largest absolute Gasteiger partial charge is 0.380 e. The first-order valence-electron chi connectivity index (χ1n) is 8.17. The smallest absolute Gasteiger partial charge is 0.244 e. The molecule has 134 valence electrons. The SMILES string of the molecule is COCc1cccc(NC(=O)Cn2c(-c3ccc(C)cc3)n[nH]c2=S)c1. The fourth-order valence-corrected chi connectivity index (χ4v) is 2.83. The van der Waals surface area contributed by atoms with Crippen LogP contribution in [-0.4, -0.2) is 27.8 Å². The minimum absolute atomic E-state index is 0.0764. The molecular formula is C19H20N4O2S. The highest BCUT2D eigenvalue weighted by Gasteiger charge is 2.12. The van der Waals surface area contributed by atoms with Crippen LogP contribution in [0.4, 0.5) is 5.69 Å². The van der Waals surface area contributed by atoms with Gasteiger partial charge in [0.1, 0.15) is 6.54 Å². The molecule has 0 saturated heterocycles. The molecule has 3 aromatic rings. The van der Waals surface area contributed by atoms with Crippen molar-refractivity contribution in [1.29, 1.82) is 0 Å². The van der Waals surface area contributed by atoms with Gasteiger partial charge in [0.2, 0.25) is 5.91 Å². The highest BCUT2D eigenvalue weighted by atomic mass is 32.1. The number of benzene rings is 2. The molecule has 0 aliphatic carbocycles. The number of hydrogen-bond donors (Lipinski definition) is 2. The van der Waals surface area contributed by atoms with Gasteiger partial charge in [-0.05, 0) is 36.8 Å². The average Bonchev–Trinajstić information content (AvgIpc) is 2.97. The topological polar surface area (TPSA) is 71.9 Å². The van der Waals surface area contributed by atoms with Gasteiger partial charge in [-0.15, -0.1) is 0 Å². The highest BCUT2D eigenvalue weighted by molar-refractivity contribution is 7.71. The van der Waals surface area contributed by atoms with Gasteiger partial charge >= 0.3 is 0 Å². The third kappa shape index (κ3) is 4.25. The lowest BCUT2D eigenvalue weighted by Crippen LogP contribution is -2.19. The summed E-state index contributed by atoms with van der Waals surface area (Å²) in [5.74, 6) is 0.462. The van der Waals surface area contributed by atoms with E-state index in [0.29, 0.717) is 17.2 Å². The molecule has 0 bridgehead atoms. The first-order chi connectivity index (χ1) is 12.6. The van der Waals surface area contributed by atoms with E-state index in [1.165, 1.54) is 0 Å². The number of carbonyl (C=O) groups excluding carboxylic acids is 1. The Bertz CT molecular complexity index is 960. The molecule has 0 saturated carbocycles. The molecule has 0 spiro atoms. The first-order valence-corrected chi connectivity index (χ1v) is 8.57. The van der Waals surface area contributed by atoms with Crippen molar-refractivity contribution >= 4 is 23.8 Å². The Morgan fingerprint density at radius 2 is 2.04 bits per heavy atom. The number of carbonyl (C=O) groups is 1. The predicted molar refractivity (Wildman–Crippen MR) is 103 cm³/mol. The molecule has 1 amide bonds. The molecule has 0 aliphatic rings. The fourth-order valence-electron chi connectivity index (χ4n) is 2.64. The van der Waals surface area contributed by atoms with Crippen molar-refractivity contribution in [2.24, 2.45) is 0 Å². The number of hydrogen-bond acceptors (Lipinski definition) is 4. The number of aromatic nitrogens is 3. The summed E-state index contributed by atoms with van der Waals surface area (Å²) in [6, 6.07) is 15.5. The van der Waals surface area contributed by atoms with Crippen LogP contribution in [0.5, 0.6) is 0 Å². The lowest BCUT2D eigenvalue weighted by atomic mass is 10.1. The number of amides is 1. The molecule has 6 nitrogen and oxygen atoms in total. The summed E-state index contributed by atoms with van der Waals surface area (Å²) in [6.45, 7) is 2.59. The molecule has 1 aromatic heterocycles. The van der Waals surface area contributed by atoms with Crippen molar-refractivity contribution in [3.8, 4) is 11.4 Å². The van der Waals surface area contributed by atoms with Gasteiger partial charge in [-0.1, -0.05) is 42.0 Å². The number of nitrogens with one attached hydrogen (secondary N) is 2. The molecule has 0 atom stereocenters. The number of H-pyrrole nitrogens is 1. The van der Waals surface area contributed by atoms with Crippen molar-refractivity contribution in [3.63, 3.8) is 0 Å². The van der Waals surface area contributed by atoms with Crippen LogP contribution in [-0.2, 0) is 22.7 Å². The van der Waals surface area contributed by atoms with E-state index >= 15 is 0 Å². The Morgan fingerprint density at radius 1 is 1.27 bits per heavy atom. The van der Waals surface area contributed by atoms with Crippen LogP contribution >= 0.6 is 12.2 Å². The molecule has 7 heteroatoms. The van der Waals surface area contributed by atoms with Gasteiger partial charge in [0, 0.05) is 18.4 Å². The van der Waals surface area contributed by atoms with Crippen molar-refractivity contribution < 1.29 is 9.53 Å². The second-order valence-electron chi connectivity index (χ2n) is 5.99. The van der Waals surface area contributed by atoms with Crippen LogP contribution in [0.3, 0.4) is 0 Å². The van der Waals surface area contributed by atoms with E-state index in [2.05, 4.69) is 15.5 Å². The van der Waals surface area contributed by atoms with Crippen LogP contribution in [0.2, 0.25) is 0 Å². The van der Waals surface area contributed by atoms with Gasteiger partial charge in [0.25, 0.3) is 0 Å². The van der Waals surface area contributed by atoms with Crippen molar-refractivity contribution in [3.05, 3.63) is 64.4 Å². The number of ether oxygens (including phenoxy) is 1. The van der Waals surface area contributed by atoms with E-state index in [-0.39, 0.29) is 12.5 Å². The maximum atomic E-state index is 12.5. The third-order valence-electron chi connectivity index (χ3n) is 3.89. The number of aromatic amines is 1. The summed E-state index contributed by atoms with van der Waals surface area (Å²) in [6.07, 6.45) is 0. The van der Waals surface area contributed by atoms with Crippen LogP contribution in [0.25, 0.3) is 11.4 Å². The maximum Gasteiger partial charge on any atom is 0.244 e. The normalized spacial score (nSPS) is 10.7. The van der Waals surface area contributed by atoms with E-state index in [1.807, 2.05) is 55.5 Å². The Morgan fingerprint density at radius 3 is 2.77 bits per heavy atom. The van der Waals surface area contributed by atoms with E-state index in [1.54, 1.807) is 11.7 Å².